The molecule has 0 saturated heterocycles. The van der Waals surface area contributed by atoms with E-state index in [-0.39, 0.29) is 5.91 Å². The lowest BCUT2D eigenvalue weighted by molar-refractivity contribution is 0.0949. The highest BCUT2D eigenvalue weighted by Gasteiger charge is 2.14. The number of nitrogens with one attached hydrogen (secondary N) is 1. The van der Waals surface area contributed by atoms with Gasteiger partial charge in [0.2, 0.25) is 0 Å². The second kappa shape index (κ2) is 9.69. The number of benzene rings is 3. The molecule has 1 heterocycles. The summed E-state index contributed by atoms with van der Waals surface area (Å²) in [5.74, 6) is 1.69. The molecular weight excluding hydrogens is 398 g/mol. The predicted octanol–water partition coefficient (Wildman–Crippen LogP) is 5.36. The third-order valence-electron chi connectivity index (χ3n) is 5.64. The fraction of sp³-hybridized carbons (Fsp3) is 0.259. The summed E-state index contributed by atoms with van der Waals surface area (Å²) in [6, 6.07) is 22.0. The van der Waals surface area contributed by atoms with E-state index >= 15 is 0 Å². The summed E-state index contributed by atoms with van der Waals surface area (Å²) in [5, 5.41) is 3.05. The number of amides is 1. The van der Waals surface area contributed by atoms with Crippen LogP contribution in [0.3, 0.4) is 0 Å². The molecule has 0 bridgehead atoms. The third-order valence-corrected chi connectivity index (χ3v) is 5.64. The standard InChI is InChI=1S/C27H29N3O2/c1-19-13-14-22(21(3)17-19)27(31)28-18-26-29-23-10-5-6-11-24(23)30(26)15-8-16-32-25-12-7-4-9-20(25)2/h4-7,9-14,17H,8,15-16,18H2,1-3H3,(H,28,31). The molecule has 0 fully saturated rings. The molecule has 5 nitrogen and oxygen atoms in total. The van der Waals surface area contributed by atoms with E-state index < -0.39 is 0 Å². The first-order valence-corrected chi connectivity index (χ1v) is 11.0. The zero-order valence-corrected chi connectivity index (χ0v) is 18.9. The molecule has 4 rings (SSSR count). The number of fused-ring (bicyclic) bond motifs is 1. The number of carbonyl (C=O) groups excluding carboxylic acids is 1. The topological polar surface area (TPSA) is 56.2 Å². The van der Waals surface area contributed by atoms with Crippen molar-refractivity contribution in [3.63, 3.8) is 0 Å². The number of hydrogen-bond donors (Lipinski definition) is 1. The Morgan fingerprint density at radius 2 is 1.75 bits per heavy atom. The molecule has 0 aliphatic heterocycles. The smallest absolute Gasteiger partial charge is 0.251 e. The van der Waals surface area contributed by atoms with E-state index in [1.807, 2.05) is 68.4 Å². The van der Waals surface area contributed by atoms with Crippen LogP contribution in [0.15, 0.2) is 66.7 Å². The number of nitrogens with zero attached hydrogens (tertiary/aromatic N) is 2. The van der Waals surface area contributed by atoms with E-state index in [2.05, 4.69) is 28.9 Å². The zero-order valence-electron chi connectivity index (χ0n) is 18.9. The zero-order chi connectivity index (χ0) is 22.5. The van der Waals surface area contributed by atoms with Gasteiger partial charge in [-0.05, 0) is 62.6 Å². The Hall–Kier alpha value is -3.60. The minimum Gasteiger partial charge on any atom is -0.493 e. The largest absolute Gasteiger partial charge is 0.493 e. The van der Waals surface area contributed by atoms with Crippen LogP contribution in [0.25, 0.3) is 11.0 Å². The molecule has 0 radical (unpaired) electrons. The van der Waals surface area contributed by atoms with Crippen molar-refractivity contribution < 1.29 is 9.53 Å². The molecule has 0 spiro atoms. The summed E-state index contributed by atoms with van der Waals surface area (Å²) in [6.45, 7) is 7.80. The van der Waals surface area contributed by atoms with Crippen LogP contribution in [0, 0.1) is 20.8 Å². The maximum atomic E-state index is 12.8. The quantitative estimate of drug-likeness (QED) is 0.385. The average Bonchev–Trinajstić information content (AvgIpc) is 3.13. The van der Waals surface area contributed by atoms with Gasteiger partial charge in [-0.25, -0.2) is 4.98 Å². The summed E-state index contributed by atoms with van der Waals surface area (Å²) >= 11 is 0. The highest BCUT2D eigenvalue weighted by Crippen LogP contribution is 2.19. The number of rotatable bonds is 8. The van der Waals surface area contributed by atoms with E-state index in [1.165, 1.54) is 0 Å². The molecule has 1 aromatic heterocycles. The van der Waals surface area contributed by atoms with Gasteiger partial charge in [-0.1, -0.05) is 48.0 Å². The van der Waals surface area contributed by atoms with Crippen molar-refractivity contribution >= 4 is 16.9 Å². The van der Waals surface area contributed by atoms with E-state index in [0.717, 1.165) is 52.3 Å². The van der Waals surface area contributed by atoms with Crippen molar-refractivity contribution in [1.29, 1.82) is 0 Å². The lowest BCUT2D eigenvalue weighted by atomic mass is 10.1. The Labute approximate surface area is 189 Å². The van der Waals surface area contributed by atoms with Crippen LogP contribution >= 0.6 is 0 Å². The molecule has 0 unspecified atom stereocenters. The number of aromatic nitrogens is 2. The Balaban J connectivity index is 1.45. The highest BCUT2D eigenvalue weighted by atomic mass is 16.5. The molecule has 3 aromatic carbocycles. The van der Waals surface area contributed by atoms with Gasteiger partial charge in [-0.3, -0.25) is 4.79 Å². The number of aryl methyl sites for hydroxylation is 4. The molecule has 0 saturated carbocycles. The fourth-order valence-electron chi connectivity index (χ4n) is 3.96. The Morgan fingerprint density at radius 3 is 2.56 bits per heavy atom. The average molecular weight is 428 g/mol. The van der Waals surface area contributed by atoms with Gasteiger partial charge in [-0.2, -0.15) is 0 Å². The van der Waals surface area contributed by atoms with Gasteiger partial charge in [0, 0.05) is 12.1 Å². The van der Waals surface area contributed by atoms with Crippen LogP contribution in [0.2, 0.25) is 0 Å². The highest BCUT2D eigenvalue weighted by molar-refractivity contribution is 5.95. The third kappa shape index (κ3) is 4.83. The molecule has 1 amide bonds. The normalized spacial score (nSPS) is 11.0. The van der Waals surface area contributed by atoms with Crippen molar-refractivity contribution in [3.8, 4) is 5.75 Å². The van der Waals surface area contributed by atoms with Gasteiger partial charge in [0.25, 0.3) is 5.91 Å². The van der Waals surface area contributed by atoms with Gasteiger partial charge in [0.15, 0.2) is 0 Å². The number of imidazole rings is 1. The SMILES string of the molecule is Cc1ccc(C(=O)NCc2nc3ccccc3n2CCCOc2ccccc2C)c(C)c1. The number of ether oxygens (including phenoxy) is 1. The lowest BCUT2D eigenvalue weighted by Gasteiger charge is -2.12. The van der Waals surface area contributed by atoms with Crippen LogP contribution < -0.4 is 10.1 Å². The molecule has 1 N–H and O–H groups in total. The van der Waals surface area contributed by atoms with Crippen LogP contribution in [0.1, 0.15) is 39.3 Å². The lowest BCUT2D eigenvalue weighted by Crippen LogP contribution is -2.25. The van der Waals surface area contributed by atoms with E-state index in [0.29, 0.717) is 18.7 Å². The number of para-hydroxylation sites is 3. The maximum absolute atomic E-state index is 12.8. The first kappa shape index (κ1) is 21.6. The van der Waals surface area contributed by atoms with Crippen molar-refractivity contribution in [2.24, 2.45) is 0 Å². The Morgan fingerprint density at radius 1 is 0.969 bits per heavy atom. The minimum atomic E-state index is -0.0796. The van der Waals surface area contributed by atoms with Crippen molar-refractivity contribution in [3.05, 3.63) is 94.8 Å². The summed E-state index contributed by atoms with van der Waals surface area (Å²) in [5.41, 5.74) is 5.96. The van der Waals surface area contributed by atoms with Gasteiger partial charge < -0.3 is 14.6 Å². The number of hydrogen-bond acceptors (Lipinski definition) is 3. The van der Waals surface area contributed by atoms with Gasteiger partial charge in [0.05, 0.1) is 24.2 Å². The predicted molar refractivity (Wildman–Crippen MR) is 128 cm³/mol. The summed E-state index contributed by atoms with van der Waals surface area (Å²) < 4.78 is 8.14. The van der Waals surface area contributed by atoms with Crippen LogP contribution in [0.4, 0.5) is 0 Å². The minimum absolute atomic E-state index is 0.0796. The molecule has 4 aromatic rings. The number of carbonyl (C=O) groups is 1. The summed E-state index contributed by atoms with van der Waals surface area (Å²) in [4.78, 5) is 17.5. The maximum Gasteiger partial charge on any atom is 0.251 e. The fourth-order valence-corrected chi connectivity index (χ4v) is 3.96. The van der Waals surface area contributed by atoms with Crippen LogP contribution in [-0.2, 0) is 13.1 Å². The summed E-state index contributed by atoms with van der Waals surface area (Å²) in [6.07, 6.45) is 0.840. The second-order valence-electron chi connectivity index (χ2n) is 8.14. The van der Waals surface area contributed by atoms with Crippen molar-refractivity contribution in [1.82, 2.24) is 14.9 Å². The Bertz CT molecular complexity index is 1240. The first-order valence-electron chi connectivity index (χ1n) is 11.0. The second-order valence-corrected chi connectivity index (χ2v) is 8.14. The monoisotopic (exact) mass is 427 g/mol. The van der Waals surface area contributed by atoms with Gasteiger partial charge in [0.1, 0.15) is 11.6 Å². The van der Waals surface area contributed by atoms with E-state index in [1.54, 1.807) is 0 Å². The molecule has 5 heteroatoms. The molecule has 0 atom stereocenters. The first-order chi connectivity index (χ1) is 15.5. The molecular formula is C27H29N3O2. The van der Waals surface area contributed by atoms with Gasteiger partial charge >= 0.3 is 0 Å². The summed E-state index contributed by atoms with van der Waals surface area (Å²) in [7, 11) is 0. The van der Waals surface area contributed by atoms with Crippen molar-refractivity contribution in [2.45, 2.75) is 40.3 Å². The van der Waals surface area contributed by atoms with Gasteiger partial charge in [-0.15, -0.1) is 0 Å². The molecule has 32 heavy (non-hydrogen) atoms. The van der Waals surface area contributed by atoms with E-state index in [9.17, 15) is 4.79 Å². The molecule has 0 aliphatic carbocycles. The molecule has 164 valence electrons. The van der Waals surface area contributed by atoms with Crippen LogP contribution in [-0.4, -0.2) is 22.1 Å². The van der Waals surface area contributed by atoms with Crippen molar-refractivity contribution in [2.75, 3.05) is 6.61 Å². The molecule has 0 aliphatic rings. The van der Waals surface area contributed by atoms with E-state index in [4.69, 9.17) is 9.72 Å². The van der Waals surface area contributed by atoms with Crippen LogP contribution in [0.5, 0.6) is 5.75 Å². The Kier molecular flexibility index (Phi) is 6.55.